The molecule has 1 fully saturated rings. The number of benzene rings is 4. The molecule has 2 N–H and O–H groups in total. The third kappa shape index (κ3) is 6.51. The van der Waals surface area contributed by atoms with Crippen LogP contribution in [0.2, 0.25) is 0 Å². The fourth-order valence-electron chi connectivity index (χ4n) is 6.98. The normalized spacial score (nSPS) is 24.3. The molecule has 8 rings (SSSR count). The number of halogens is 1. The van der Waals surface area contributed by atoms with Gasteiger partial charge in [0.05, 0.1) is 0 Å². The van der Waals surface area contributed by atoms with Crippen molar-refractivity contribution < 1.29 is 19.1 Å². The molecule has 4 aromatic rings. The maximum absolute atomic E-state index is 13.2. The van der Waals surface area contributed by atoms with Gasteiger partial charge in [0.15, 0.2) is 21.4 Å². The summed E-state index contributed by atoms with van der Waals surface area (Å²) in [4.78, 5) is 34.5. The van der Waals surface area contributed by atoms with Crippen molar-refractivity contribution in [2.45, 2.75) is 50.0 Å². The molecule has 4 aliphatic rings. The number of hydrogen-bond donors (Lipinski definition) is 2. The summed E-state index contributed by atoms with van der Waals surface area (Å²) < 4.78 is 12.4. The minimum absolute atomic E-state index is 0.0212. The van der Waals surface area contributed by atoms with E-state index in [1.54, 1.807) is 11.9 Å². The Labute approximate surface area is 316 Å². The van der Waals surface area contributed by atoms with Crippen LogP contribution in [0.4, 0.5) is 0 Å². The van der Waals surface area contributed by atoms with Crippen molar-refractivity contribution in [2.75, 3.05) is 18.2 Å². The fourth-order valence-corrected chi connectivity index (χ4v) is 7.85. The molecule has 0 bridgehead atoms. The fraction of sp³-hybridized carbons (Fsp3) is 0.282. The van der Waals surface area contributed by atoms with Gasteiger partial charge in [-0.2, -0.15) is 0 Å². The number of fused-ring (bicyclic) bond motifs is 4. The molecule has 4 atom stereocenters. The first-order valence-electron chi connectivity index (χ1n) is 16.2. The van der Waals surface area contributed by atoms with Crippen LogP contribution < -0.4 is 20.1 Å². The molecule has 0 aliphatic carbocycles. The largest absolute Gasteiger partial charge is 0.485 e. The van der Waals surface area contributed by atoms with Crippen molar-refractivity contribution >= 4 is 68.7 Å². The molecule has 1 saturated heterocycles. The van der Waals surface area contributed by atoms with E-state index in [0.29, 0.717) is 18.0 Å². The molecular formula is C39H39IN4O4S2. The molecule has 8 nitrogen and oxygen atoms in total. The van der Waals surface area contributed by atoms with Gasteiger partial charge in [0.1, 0.15) is 23.7 Å². The van der Waals surface area contributed by atoms with E-state index in [0.717, 1.165) is 50.0 Å². The van der Waals surface area contributed by atoms with Gasteiger partial charge in [-0.15, -0.1) is 0 Å². The molecule has 4 aromatic carbocycles. The molecule has 4 heterocycles. The summed E-state index contributed by atoms with van der Waals surface area (Å²) in [6.07, 6.45) is 2.57. The first-order valence-corrected chi connectivity index (χ1v) is 20.0. The Bertz CT molecular complexity index is 1960. The summed E-state index contributed by atoms with van der Waals surface area (Å²) in [7, 11) is 1.80. The third-order valence-electron chi connectivity index (χ3n) is 9.39. The zero-order valence-electron chi connectivity index (χ0n) is 28.5. The number of aliphatic imine (C=N–C) groups is 1. The van der Waals surface area contributed by atoms with Crippen LogP contribution in [-0.2, 0) is 20.7 Å². The van der Waals surface area contributed by atoms with Crippen molar-refractivity contribution in [2.24, 2.45) is 4.99 Å². The number of carbonyl (C=O) groups is 2. The van der Waals surface area contributed by atoms with Crippen LogP contribution in [0.15, 0.2) is 102 Å². The predicted molar refractivity (Wildman–Crippen MR) is 212 cm³/mol. The Balaban J connectivity index is 0.000000165. The van der Waals surface area contributed by atoms with Gasteiger partial charge in [-0.3, -0.25) is 14.5 Å². The Kier molecular flexibility index (Phi) is 10.6. The van der Waals surface area contributed by atoms with Crippen molar-refractivity contribution in [1.82, 2.24) is 15.5 Å². The highest BCUT2D eigenvalue weighted by molar-refractivity contribution is 14.1. The van der Waals surface area contributed by atoms with E-state index in [1.807, 2.05) is 122 Å². The highest BCUT2D eigenvalue weighted by Gasteiger charge is 2.54. The molecule has 2 spiro atoms. The van der Waals surface area contributed by atoms with Crippen molar-refractivity contribution in [3.63, 3.8) is 0 Å². The molecule has 4 unspecified atom stereocenters. The second-order valence-electron chi connectivity index (χ2n) is 12.6. The Hall–Kier alpha value is -3.94. The Morgan fingerprint density at radius 2 is 1.34 bits per heavy atom. The maximum atomic E-state index is 13.2. The number of nitrogens with one attached hydrogen (secondary N) is 2. The number of thioether (sulfide) groups is 1. The molecule has 50 heavy (non-hydrogen) atoms. The molecule has 258 valence electrons. The highest BCUT2D eigenvalue weighted by atomic mass is 127. The second-order valence-corrected chi connectivity index (χ2v) is 13.8. The highest BCUT2D eigenvalue weighted by Crippen LogP contribution is 2.51. The van der Waals surface area contributed by atoms with Gasteiger partial charge in [-0.05, 0) is 72.6 Å². The number of likely N-dealkylation sites (N-methyl/N-ethyl adjacent to an activating group) is 1. The van der Waals surface area contributed by atoms with Crippen molar-refractivity contribution in [3.05, 3.63) is 130 Å². The molecule has 4 aliphatic heterocycles. The lowest BCUT2D eigenvalue weighted by Gasteiger charge is -2.38. The van der Waals surface area contributed by atoms with Crippen LogP contribution in [0.5, 0.6) is 11.5 Å². The molecular weight excluding hydrogens is 779 g/mol. The molecule has 2 amide bonds. The lowest BCUT2D eigenvalue weighted by molar-refractivity contribution is -0.132. The minimum atomic E-state index is -0.896. The smallest absolute Gasteiger partial charge is 0.261 e. The van der Waals surface area contributed by atoms with Crippen LogP contribution in [0, 0.1) is 13.8 Å². The van der Waals surface area contributed by atoms with Crippen LogP contribution in [0.25, 0.3) is 0 Å². The van der Waals surface area contributed by atoms with E-state index < -0.39 is 11.1 Å². The quantitative estimate of drug-likeness (QED) is 0.122. The molecule has 0 radical (unpaired) electrons. The van der Waals surface area contributed by atoms with E-state index in [4.69, 9.17) is 26.7 Å². The van der Waals surface area contributed by atoms with Gasteiger partial charge in [0.2, 0.25) is 0 Å². The van der Waals surface area contributed by atoms with Crippen LogP contribution in [0.1, 0.15) is 58.4 Å². The lowest BCUT2D eigenvalue weighted by atomic mass is 9.79. The standard InChI is InChI=1S/C20H20N2O2S.C18H16N2O2S.CH3I/c1-13-9-10-16-15(11-13)20(18(23)22(2)19(21-20)25-3)12-17(24-16)14-7-5-4-6-8-14;1-11-7-8-14-13(9-11)18(16(21)19-17(23)20-18)10-15(22-14)12-5-3-2-4-6-12;1-2/h4-11,17H,12H2,1-3H3;2-9,15H,10H2,1H3,(H2,19,20,21,23);1H3. The zero-order valence-corrected chi connectivity index (χ0v) is 32.3. The molecule has 11 heteroatoms. The van der Waals surface area contributed by atoms with E-state index in [1.165, 1.54) is 11.8 Å². The number of amides is 2. The summed E-state index contributed by atoms with van der Waals surface area (Å²) in [6.45, 7) is 4.03. The summed E-state index contributed by atoms with van der Waals surface area (Å²) in [5, 5.41) is 7.06. The molecule has 0 saturated carbocycles. The predicted octanol–water partition coefficient (Wildman–Crippen LogP) is 7.67. The van der Waals surface area contributed by atoms with Crippen molar-refractivity contribution in [3.8, 4) is 11.5 Å². The maximum Gasteiger partial charge on any atom is 0.261 e. The summed E-state index contributed by atoms with van der Waals surface area (Å²) in [5.41, 5.74) is 4.26. The monoisotopic (exact) mass is 818 g/mol. The average Bonchev–Trinajstić information content (AvgIpc) is 3.56. The van der Waals surface area contributed by atoms with Gasteiger partial charge in [0.25, 0.3) is 11.8 Å². The number of aryl methyl sites for hydroxylation is 2. The Morgan fingerprint density at radius 1 is 0.820 bits per heavy atom. The number of nitrogens with zero attached hydrogens (tertiary/aromatic N) is 2. The van der Waals surface area contributed by atoms with Gasteiger partial charge >= 0.3 is 0 Å². The van der Waals surface area contributed by atoms with E-state index in [2.05, 4.69) is 33.2 Å². The summed E-state index contributed by atoms with van der Waals surface area (Å²) in [6, 6.07) is 31.9. The average molecular weight is 819 g/mol. The zero-order chi connectivity index (χ0) is 35.6. The van der Waals surface area contributed by atoms with Gasteiger partial charge < -0.3 is 20.1 Å². The number of alkyl halides is 1. The SMILES string of the molecule is CI.CSC1=NC2(CC(c3ccccc3)Oc3ccc(C)cc32)C(=O)N1C.Cc1ccc2c(c1)C1(CC(c3ccccc3)O2)NC(=S)NC1=O. The number of rotatable bonds is 2. The van der Waals surface area contributed by atoms with Crippen LogP contribution in [0.3, 0.4) is 0 Å². The van der Waals surface area contributed by atoms with Crippen molar-refractivity contribution in [1.29, 1.82) is 0 Å². The third-order valence-corrected chi connectivity index (χ3v) is 10.3. The van der Waals surface area contributed by atoms with Crippen LogP contribution >= 0.6 is 46.6 Å². The second kappa shape index (κ2) is 14.7. The summed E-state index contributed by atoms with van der Waals surface area (Å²) in [5.74, 6) is 1.38. The first kappa shape index (κ1) is 35.9. The van der Waals surface area contributed by atoms with Gasteiger partial charge in [-0.25, -0.2) is 4.99 Å². The van der Waals surface area contributed by atoms with E-state index in [-0.39, 0.29) is 24.0 Å². The van der Waals surface area contributed by atoms with E-state index >= 15 is 0 Å². The number of amidine groups is 1. The topological polar surface area (TPSA) is 92.3 Å². The number of carbonyl (C=O) groups excluding carboxylic acids is 2. The number of ether oxygens (including phenoxy) is 2. The van der Waals surface area contributed by atoms with Crippen LogP contribution in [-0.4, -0.2) is 45.2 Å². The summed E-state index contributed by atoms with van der Waals surface area (Å²) >= 11 is 8.84. The van der Waals surface area contributed by atoms with Gasteiger partial charge in [0, 0.05) is 31.0 Å². The number of thiocarbonyl (C=S) groups is 1. The first-order chi connectivity index (χ1) is 24.1. The number of hydrogen-bond acceptors (Lipinski definition) is 7. The Morgan fingerprint density at radius 3 is 1.84 bits per heavy atom. The molecule has 0 aromatic heterocycles. The lowest BCUT2D eigenvalue weighted by Crippen LogP contribution is -2.48. The minimum Gasteiger partial charge on any atom is -0.485 e. The van der Waals surface area contributed by atoms with Gasteiger partial charge in [-0.1, -0.05) is 118 Å². The van der Waals surface area contributed by atoms with E-state index in [9.17, 15) is 9.59 Å².